The SMILES string of the molecule is CN(C)C1CCN(C2C=CC(CN)=CC2)CC1. The summed E-state index contributed by atoms with van der Waals surface area (Å²) in [5.41, 5.74) is 6.92. The Morgan fingerprint density at radius 3 is 2.53 bits per heavy atom. The topological polar surface area (TPSA) is 32.5 Å². The van der Waals surface area contributed by atoms with Gasteiger partial charge in [-0.15, -0.1) is 0 Å². The van der Waals surface area contributed by atoms with Gasteiger partial charge in [-0.2, -0.15) is 0 Å². The molecule has 0 aromatic heterocycles. The van der Waals surface area contributed by atoms with Crippen LogP contribution in [0.4, 0.5) is 0 Å². The summed E-state index contributed by atoms with van der Waals surface area (Å²) in [6.45, 7) is 3.12. The molecule has 2 N–H and O–H groups in total. The Bertz CT molecular complexity index is 299. The summed E-state index contributed by atoms with van der Waals surface area (Å²) in [6.07, 6.45) is 10.6. The summed E-state index contributed by atoms with van der Waals surface area (Å²) in [5.74, 6) is 0. The lowest BCUT2D eigenvalue weighted by molar-refractivity contribution is 0.124. The Morgan fingerprint density at radius 1 is 1.35 bits per heavy atom. The molecule has 0 aromatic rings. The lowest BCUT2D eigenvalue weighted by Crippen LogP contribution is -2.45. The van der Waals surface area contributed by atoms with E-state index in [9.17, 15) is 0 Å². The molecule has 1 aliphatic carbocycles. The van der Waals surface area contributed by atoms with E-state index in [0.717, 1.165) is 12.5 Å². The molecule has 1 aliphatic heterocycles. The molecule has 0 amide bonds. The fourth-order valence-electron chi connectivity index (χ4n) is 2.81. The van der Waals surface area contributed by atoms with Crippen molar-refractivity contribution in [1.82, 2.24) is 9.80 Å². The molecule has 1 saturated heterocycles. The van der Waals surface area contributed by atoms with E-state index < -0.39 is 0 Å². The molecule has 2 aliphatic rings. The number of piperidine rings is 1. The fraction of sp³-hybridized carbons (Fsp3) is 0.714. The van der Waals surface area contributed by atoms with Crippen LogP contribution >= 0.6 is 0 Å². The van der Waals surface area contributed by atoms with Crippen LogP contribution in [0.5, 0.6) is 0 Å². The van der Waals surface area contributed by atoms with Crippen LogP contribution in [0, 0.1) is 0 Å². The van der Waals surface area contributed by atoms with Crippen LogP contribution in [-0.2, 0) is 0 Å². The molecule has 2 rings (SSSR count). The van der Waals surface area contributed by atoms with E-state index >= 15 is 0 Å². The van der Waals surface area contributed by atoms with Crippen LogP contribution in [0.1, 0.15) is 19.3 Å². The Balaban J connectivity index is 1.83. The number of nitrogens with two attached hydrogens (primary N) is 1. The Hall–Kier alpha value is -0.640. The van der Waals surface area contributed by atoms with Crippen molar-refractivity contribution in [3.8, 4) is 0 Å². The summed E-state index contributed by atoms with van der Waals surface area (Å²) in [6, 6.07) is 1.38. The highest BCUT2D eigenvalue weighted by molar-refractivity contribution is 5.26. The van der Waals surface area contributed by atoms with Gasteiger partial charge in [0, 0.05) is 31.7 Å². The van der Waals surface area contributed by atoms with Gasteiger partial charge in [0.05, 0.1) is 0 Å². The normalized spacial score (nSPS) is 27.5. The van der Waals surface area contributed by atoms with E-state index in [0.29, 0.717) is 12.6 Å². The maximum atomic E-state index is 5.64. The van der Waals surface area contributed by atoms with E-state index in [2.05, 4.69) is 42.1 Å². The summed E-state index contributed by atoms with van der Waals surface area (Å²) in [7, 11) is 4.38. The molecule has 0 spiro atoms. The maximum absolute atomic E-state index is 5.64. The minimum Gasteiger partial charge on any atom is -0.327 e. The number of nitrogens with zero attached hydrogens (tertiary/aromatic N) is 2. The van der Waals surface area contributed by atoms with Crippen molar-refractivity contribution in [1.29, 1.82) is 0 Å². The van der Waals surface area contributed by atoms with Crippen molar-refractivity contribution in [3.05, 3.63) is 23.8 Å². The van der Waals surface area contributed by atoms with E-state index in [1.807, 2.05) is 0 Å². The zero-order valence-corrected chi connectivity index (χ0v) is 11.1. The predicted molar refractivity (Wildman–Crippen MR) is 73.0 cm³/mol. The highest BCUT2D eigenvalue weighted by Crippen LogP contribution is 2.21. The van der Waals surface area contributed by atoms with Gasteiger partial charge in [-0.05, 0) is 38.9 Å². The fourth-order valence-corrected chi connectivity index (χ4v) is 2.81. The van der Waals surface area contributed by atoms with E-state index in [4.69, 9.17) is 5.73 Å². The first-order chi connectivity index (χ1) is 8.20. The molecular weight excluding hydrogens is 210 g/mol. The van der Waals surface area contributed by atoms with Crippen molar-refractivity contribution in [2.45, 2.75) is 31.3 Å². The molecule has 0 saturated carbocycles. The molecular formula is C14H25N3. The smallest absolute Gasteiger partial charge is 0.0316 e. The van der Waals surface area contributed by atoms with Gasteiger partial charge < -0.3 is 10.6 Å². The number of likely N-dealkylation sites (tertiary alicyclic amines) is 1. The van der Waals surface area contributed by atoms with Crippen LogP contribution < -0.4 is 5.73 Å². The average molecular weight is 235 g/mol. The number of hydrogen-bond donors (Lipinski definition) is 1. The van der Waals surface area contributed by atoms with Crippen LogP contribution in [0.25, 0.3) is 0 Å². The van der Waals surface area contributed by atoms with Crippen molar-refractivity contribution in [2.75, 3.05) is 33.7 Å². The number of hydrogen-bond acceptors (Lipinski definition) is 3. The first-order valence-electron chi connectivity index (χ1n) is 6.68. The zero-order valence-electron chi connectivity index (χ0n) is 11.1. The average Bonchev–Trinajstić information content (AvgIpc) is 2.39. The highest BCUT2D eigenvalue weighted by atomic mass is 15.2. The second kappa shape index (κ2) is 5.80. The van der Waals surface area contributed by atoms with Crippen molar-refractivity contribution >= 4 is 0 Å². The minimum absolute atomic E-state index is 0.605. The molecule has 1 unspecified atom stereocenters. The maximum Gasteiger partial charge on any atom is 0.0316 e. The predicted octanol–water partition coefficient (Wildman–Crippen LogP) is 1.23. The first-order valence-corrected chi connectivity index (χ1v) is 6.68. The van der Waals surface area contributed by atoms with E-state index in [-0.39, 0.29) is 0 Å². The first kappa shape index (κ1) is 12.8. The Morgan fingerprint density at radius 2 is 2.06 bits per heavy atom. The third-order valence-corrected chi connectivity index (χ3v) is 4.09. The Labute approximate surface area is 105 Å². The van der Waals surface area contributed by atoms with Gasteiger partial charge in [0.1, 0.15) is 0 Å². The van der Waals surface area contributed by atoms with Gasteiger partial charge in [-0.3, -0.25) is 4.90 Å². The third-order valence-electron chi connectivity index (χ3n) is 4.09. The van der Waals surface area contributed by atoms with E-state index in [1.165, 1.54) is 31.5 Å². The quantitative estimate of drug-likeness (QED) is 0.798. The van der Waals surface area contributed by atoms with Crippen molar-refractivity contribution < 1.29 is 0 Å². The minimum atomic E-state index is 0.605. The molecule has 0 bridgehead atoms. The largest absolute Gasteiger partial charge is 0.327 e. The Kier molecular flexibility index (Phi) is 4.37. The summed E-state index contributed by atoms with van der Waals surface area (Å²) in [4.78, 5) is 4.97. The van der Waals surface area contributed by atoms with E-state index in [1.54, 1.807) is 0 Å². The molecule has 17 heavy (non-hydrogen) atoms. The second-order valence-electron chi connectivity index (χ2n) is 5.38. The molecule has 0 radical (unpaired) electrons. The van der Waals surface area contributed by atoms with Crippen molar-refractivity contribution in [2.24, 2.45) is 5.73 Å². The molecule has 3 nitrogen and oxygen atoms in total. The lowest BCUT2D eigenvalue weighted by Gasteiger charge is -2.39. The molecule has 1 atom stereocenters. The zero-order chi connectivity index (χ0) is 12.3. The third kappa shape index (κ3) is 3.18. The monoisotopic (exact) mass is 235 g/mol. The molecule has 1 fully saturated rings. The summed E-state index contributed by atoms with van der Waals surface area (Å²) >= 11 is 0. The number of rotatable bonds is 3. The van der Waals surface area contributed by atoms with Gasteiger partial charge in [0.2, 0.25) is 0 Å². The molecule has 1 heterocycles. The molecule has 0 aromatic carbocycles. The van der Waals surface area contributed by atoms with Gasteiger partial charge in [0.25, 0.3) is 0 Å². The lowest BCUT2D eigenvalue weighted by atomic mass is 9.97. The standard InChI is InChI=1S/C14H25N3/c1-16(2)13-7-9-17(10-8-13)14-5-3-12(11-15)4-6-14/h3-5,13-14H,6-11,15H2,1-2H3. The van der Waals surface area contributed by atoms with Crippen LogP contribution in [-0.4, -0.2) is 55.6 Å². The van der Waals surface area contributed by atoms with Gasteiger partial charge >= 0.3 is 0 Å². The van der Waals surface area contributed by atoms with Gasteiger partial charge in [0.15, 0.2) is 0 Å². The molecule has 3 heteroatoms. The van der Waals surface area contributed by atoms with Crippen LogP contribution in [0.15, 0.2) is 23.8 Å². The van der Waals surface area contributed by atoms with Crippen LogP contribution in [0.2, 0.25) is 0 Å². The second-order valence-corrected chi connectivity index (χ2v) is 5.38. The van der Waals surface area contributed by atoms with Gasteiger partial charge in [-0.25, -0.2) is 0 Å². The highest BCUT2D eigenvalue weighted by Gasteiger charge is 2.24. The summed E-state index contributed by atoms with van der Waals surface area (Å²) < 4.78 is 0. The van der Waals surface area contributed by atoms with Crippen LogP contribution in [0.3, 0.4) is 0 Å². The molecule has 96 valence electrons. The van der Waals surface area contributed by atoms with Gasteiger partial charge in [-0.1, -0.05) is 18.2 Å². The van der Waals surface area contributed by atoms with Crippen molar-refractivity contribution in [3.63, 3.8) is 0 Å². The summed E-state index contributed by atoms with van der Waals surface area (Å²) in [5, 5.41) is 0.